The maximum absolute atomic E-state index is 12.0. The van der Waals surface area contributed by atoms with Crippen molar-refractivity contribution in [2.45, 2.75) is 46.0 Å². The summed E-state index contributed by atoms with van der Waals surface area (Å²) in [4.78, 5) is 12.0. The number of hydrogen-bond donors (Lipinski definition) is 1. The van der Waals surface area contributed by atoms with E-state index in [2.05, 4.69) is 6.92 Å². The molecular weight excluding hydrogens is 296 g/mol. The summed E-state index contributed by atoms with van der Waals surface area (Å²) in [6.07, 6.45) is 5.02. The molecule has 1 heterocycles. The average molecular weight is 320 g/mol. The van der Waals surface area contributed by atoms with Crippen molar-refractivity contribution in [1.82, 2.24) is 0 Å². The summed E-state index contributed by atoms with van der Waals surface area (Å²) < 4.78 is 16.2. The van der Waals surface area contributed by atoms with E-state index in [1.807, 2.05) is 6.92 Å². The van der Waals surface area contributed by atoms with E-state index < -0.39 is 5.63 Å². The van der Waals surface area contributed by atoms with E-state index in [0.29, 0.717) is 29.9 Å². The summed E-state index contributed by atoms with van der Waals surface area (Å²) in [5.41, 5.74) is -0.377. The molecule has 5 heteroatoms. The second kappa shape index (κ2) is 8.46. The van der Waals surface area contributed by atoms with Crippen LogP contribution in [0.3, 0.4) is 0 Å². The van der Waals surface area contributed by atoms with Crippen molar-refractivity contribution in [2.24, 2.45) is 0 Å². The van der Waals surface area contributed by atoms with Crippen molar-refractivity contribution in [1.29, 1.82) is 0 Å². The molecule has 0 saturated carbocycles. The number of ether oxygens (including phenoxy) is 2. The van der Waals surface area contributed by atoms with Gasteiger partial charge in [0.25, 0.3) is 0 Å². The van der Waals surface area contributed by atoms with Gasteiger partial charge in [-0.1, -0.05) is 33.1 Å². The van der Waals surface area contributed by atoms with E-state index in [1.54, 1.807) is 18.2 Å². The Hall–Kier alpha value is -2.17. The minimum Gasteiger partial charge on any atom is -0.504 e. The smallest absolute Gasteiger partial charge is 0.383 e. The third kappa shape index (κ3) is 4.41. The highest BCUT2D eigenvalue weighted by Crippen LogP contribution is 2.33. The third-order valence-corrected chi connectivity index (χ3v) is 3.53. The molecule has 0 aliphatic heterocycles. The molecule has 0 amide bonds. The molecule has 126 valence electrons. The summed E-state index contributed by atoms with van der Waals surface area (Å²) in [5, 5.41) is 10.7. The van der Waals surface area contributed by atoms with Crippen molar-refractivity contribution in [3.8, 4) is 17.2 Å². The molecule has 5 nitrogen and oxygen atoms in total. The molecule has 0 radical (unpaired) electrons. The van der Waals surface area contributed by atoms with Crippen molar-refractivity contribution in [3.05, 3.63) is 28.6 Å². The molecule has 0 saturated heterocycles. The maximum Gasteiger partial charge on any atom is 0.383 e. The van der Waals surface area contributed by atoms with Crippen LogP contribution in [0.2, 0.25) is 0 Å². The van der Waals surface area contributed by atoms with Gasteiger partial charge in [-0.05, 0) is 25.0 Å². The summed E-state index contributed by atoms with van der Waals surface area (Å²) in [6.45, 7) is 5.11. The van der Waals surface area contributed by atoms with Gasteiger partial charge in [0.1, 0.15) is 11.3 Å². The zero-order valence-electron chi connectivity index (χ0n) is 13.8. The fourth-order valence-electron chi connectivity index (χ4n) is 2.29. The normalized spacial score (nSPS) is 10.9. The summed E-state index contributed by atoms with van der Waals surface area (Å²) in [5.74, 6) is 0.320. The zero-order valence-corrected chi connectivity index (χ0v) is 13.8. The molecule has 2 rings (SSSR count). The monoisotopic (exact) mass is 320 g/mol. The Morgan fingerprint density at radius 2 is 1.87 bits per heavy atom. The van der Waals surface area contributed by atoms with E-state index >= 15 is 0 Å². The van der Waals surface area contributed by atoms with Gasteiger partial charge in [0, 0.05) is 6.07 Å². The second-order valence-corrected chi connectivity index (χ2v) is 5.48. The number of rotatable bonds is 9. The van der Waals surface area contributed by atoms with Gasteiger partial charge in [-0.3, -0.25) is 0 Å². The predicted octanol–water partition coefficient (Wildman–Crippen LogP) is 4.25. The van der Waals surface area contributed by atoms with Crippen LogP contribution in [0, 0.1) is 0 Å². The van der Waals surface area contributed by atoms with E-state index in [1.165, 1.54) is 0 Å². The van der Waals surface area contributed by atoms with Crippen LogP contribution < -0.4 is 15.1 Å². The molecule has 0 unspecified atom stereocenters. The van der Waals surface area contributed by atoms with E-state index in [4.69, 9.17) is 13.9 Å². The van der Waals surface area contributed by atoms with Gasteiger partial charge in [-0.15, -0.1) is 0 Å². The third-order valence-electron chi connectivity index (χ3n) is 3.53. The molecule has 1 N–H and O–H groups in total. The van der Waals surface area contributed by atoms with Crippen molar-refractivity contribution in [2.75, 3.05) is 13.2 Å². The number of hydrogen-bond acceptors (Lipinski definition) is 5. The van der Waals surface area contributed by atoms with Crippen LogP contribution in [0.5, 0.6) is 17.2 Å². The lowest BCUT2D eigenvalue weighted by Gasteiger charge is -2.09. The first-order valence-corrected chi connectivity index (χ1v) is 8.22. The number of benzene rings is 1. The summed E-state index contributed by atoms with van der Waals surface area (Å²) in [7, 11) is 0. The Kier molecular flexibility index (Phi) is 6.32. The van der Waals surface area contributed by atoms with E-state index in [-0.39, 0.29) is 11.5 Å². The fraction of sp³-hybridized carbons (Fsp3) is 0.500. The molecule has 1 aromatic carbocycles. The highest BCUT2D eigenvalue weighted by Gasteiger charge is 2.15. The molecule has 0 aliphatic rings. The van der Waals surface area contributed by atoms with Crippen LogP contribution in [0.15, 0.2) is 27.4 Å². The van der Waals surface area contributed by atoms with E-state index in [9.17, 15) is 9.90 Å². The van der Waals surface area contributed by atoms with Crippen molar-refractivity contribution < 1.29 is 19.0 Å². The highest BCUT2D eigenvalue weighted by atomic mass is 16.5. The van der Waals surface area contributed by atoms with Crippen molar-refractivity contribution >= 4 is 11.0 Å². The SMILES string of the molecule is CCCCCCOc1c(O)c2ccc(OCCC)cc2oc1=O. The van der Waals surface area contributed by atoms with Crippen molar-refractivity contribution in [3.63, 3.8) is 0 Å². The predicted molar refractivity (Wildman–Crippen MR) is 89.6 cm³/mol. The quantitative estimate of drug-likeness (QED) is 0.552. The van der Waals surface area contributed by atoms with Gasteiger partial charge in [-0.2, -0.15) is 0 Å². The van der Waals surface area contributed by atoms with Crippen LogP contribution in [0.1, 0.15) is 46.0 Å². The first-order chi connectivity index (χ1) is 11.2. The second-order valence-electron chi connectivity index (χ2n) is 5.48. The maximum atomic E-state index is 12.0. The number of aromatic hydroxyl groups is 1. The lowest BCUT2D eigenvalue weighted by molar-refractivity contribution is 0.275. The molecule has 0 spiro atoms. The Bertz CT molecular complexity index is 690. The lowest BCUT2D eigenvalue weighted by Crippen LogP contribution is -2.08. The Labute approximate surface area is 135 Å². The zero-order chi connectivity index (χ0) is 16.7. The first-order valence-electron chi connectivity index (χ1n) is 8.22. The Morgan fingerprint density at radius 3 is 2.61 bits per heavy atom. The van der Waals surface area contributed by atoms with Crippen LogP contribution in [0.4, 0.5) is 0 Å². The minimum absolute atomic E-state index is 0.115. The average Bonchev–Trinajstić information content (AvgIpc) is 2.55. The van der Waals surface area contributed by atoms with Gasteiger partial charge < -0.3 is 19.0 Å². The highest BCUT2D eigenvalue weighted by molar-refractivity contribution is 5.86. The number of fused-ring (bicyclic) bond motifs is 1. The fourth-order valence-corrected chi connectivity index (χ4v) is 2.29. The molecule has 23 heavy (non-hydrogen) atoms. The minimum atomic E-state index is -0.668. The van der Waals surface area contributed by atoms with Crippen LogP contribution in [-0.2, 0) is 0 Å². The molecule has 1 aromatic heterocycles. The van der Waals surface area contributed by atoms with Gasteiger partial charge in [0.2, 0.25) is 5.75 Å². The number of unbranched alkanes of at least 4 members (excludes halogenated alkanes) is 3. The van der Waals surface area contributed by atoms with Gasteiger partial charge in [-0.25, -0.2) is 4.79 Å². The molecule has 0 bridgehead atoms. The largest absolute Gasteiger partial charge is 0.504 e. The van der Waals surface area contributed by atoms with Crippen LogP contribution >= 0.6 is 0 Å². The Morgan fingerprint density at radius 1 is 1.04 bits per heavy atom. The standard InChI is InChI=1S/C18H24O5/c1-3-5-6-7-11-22-17-16(19)14-9-8-13(21-10-4-2)12-15(14)23-18(17)20/h8-9,12,19H,3-7,10-11H2,1-2H3. The van der Waals surface area contributed by atoms with Gasteiger partial charge in [0.15, 0.2) is 5.75 Å². The molecule has 0 fully saturated rings. The Balaban J connectivity index is 2.18. The first kappa shape index (κ1) is 17.2. The van der Waals surface area contributed by atoms with Gasteiger partial charge >= 0.3 is 5.63 Å². The van der Waals surface area contributed by atoms with Crippen LogP contribution in [0.25, 0.3) is 11.0 Å². The lowest BCUT2D eigenvalue weighted by atomic mass is 10.2. The van der Waals surface area contributed by atoms with Gasteiger partial charge in [0.05, 0.1) is 18.6 Å². The molecule has 0 aliphatic carbocycles. The molecular formula is C18H24O5. The topological polar surface area (TPSA) is 68.9 Å². The van der Waals surface area contributed by atoms with Crippen LogP contribution in [-0.4, -0.2) is 18.3 Å². The molecule has 0 atom stereocenters. The summed E-state index contributed by atoms with van der Waals surface area (Å²) in [6, 6.07) is 5.02. The summed E-state index contributed by atoms with van der Waals surface area (Å²) >= 11 is 0. The van der Waals surface area contributed by atoms with E-state index in [0.717, 1.165) is 32.1 Å². The molecule has 2 aromatic rings.